The minimum Gasteiger partial charge on any atom is -0.120 e. The third-order valence-electron chi connectivity index (χ3n) is 2.66. The van der Waals surface area contributed by atoms with Crippen molar-refractivity contribution < 1.29 is 0 Å². The predicted octanol–water partition coefficient (Wildman–Crippen LogP) is 4.03. The minimum atomic E-state index is 1.23. The van der Waals surface area contributed by atoms with Gasteiger partial charge >= 0.3 is 0 Å². The maximum absolute atomic E-state index is 3.13. The molecule has 1 aliphatic carbocycles. The monoisotopic (exact) mass is 190 g/mol. The highest BCUT2D eigenvalue weighted by atomic mass is 14.0. The number of fused-ring (bicyclic) bond motifs is 2. The molecule has 70 valence electrons. The molecule has 0 bridgehead atoms. The summed E-state index contributed by atoms with van der Waals surface area (Å²) < 4.78 is 0. The van der Waals surface area contributed by atoms with Crippen LogP contribution in [0.25, 0.3) is 22.9 Å². The molecule has 2 aromatic carbocycles. The summed E-state index contributed by atoms with van der Waals surface area (Å²) in [4.78, 5) is 0. The van der Waals surface area contributed by atoms with Gasteiger partial charge in [0, 0.05) is 0 Å². The molecular weight excluding hydrogens is 180 g/mol. The van der Waals surface area contributed by atoms with E-state index in [1.54, 1.807) is 0 Å². The van der Waals surface area contributed by atoms with Crippen LogP contribution in [0.2, 0.25) is 0 Å². The normalized spacial score (nSPS) is 12.8. The summed E-state index contributed by atoms with van der Waals surface area (Å²) in [6.45, 7) is 0. The van der Waals surface area contributed by atoms with E-state index in [9.17, 15) is 0 Å². The maximum Gasteiger partial charge on any atom is -0.0100 e. The van der Waals surface area contributed by atoms with Gasteiger partial charge in [-0.2, -0.15) is 0 Å². The van der Waals surface area contributed by atoms with Gasteiger partial charge in [-0.15, -0.1) is 5.73 Å². The first-order valence-corrected chi connectivity index (χ1v) is 5.05. The van der Waals surface area contributed by atoms with Crippen molar-refractivity contribution in [1.82, 2.24) is 0 Å². The van der Waals surface area contributed by atoms with Crippen molar-refractivity contribution in [2.45, 2.75) is 0 Å². The van der Waals surface area contributed by atoms with Gasteiger partial charge in [-0.1, -0.05) is 36.4 Å². The lowest BCUT2D eigenvalue weighted by Crippen LogP contribution is -1.81. The molecule has 0 heterocycles. The van der Waals surface area contributed by atoms with Crippen LogP contribution in [0.5, 0.6) is 0 Å². The molecule has 1 aliphatic rings. The van der Waals surface area contributed by atoms with Crippen LogP contribution in [0.1, 0.15) is 11.1 Å². The predicted molar refractivity (Wildman–Crippen MR) is 65.5 cm³/mol. The van der Waals surface area contributed by atoms with Crippen LogP contribution in [0.4, 0.5) is 0 Å². The molecule has 3 rings (SSSR count). The van der Waals surface area contributed by atoms with Gasteiger partial charge in [-0.3, -0.25) is 0 Å². The Hall–Kier alpha value is -2.04. The number of hydrogen-bond acceptors (Lipinski definition) is 0. The zero-order valence-corrected chi connectivity index (χ0v) is 8.27. The van der Waals surface area contributed by atoms with Crippen molar-refractivity contribution in [2.75, 3.05) is 0 Å². The SMILES string of the molecule is C1=CC=Cc2cc3ccccc3cc2C=1. The first-order valence-electron chi connectivity index (χ1n) is 5.05. The van der Waals surface area contributed by atoms with E-state index in [1.807, 2.05) is 18.2 Å². The van der Waals surface area contributed by atoms with Crippen molar-refractivity contribution in [2.24, 2.45) is 0 Å². The Morgan fingerprint density at radius 3 is 2.40 bits per heavy atom. The fraction of sp³-hybridized carbons (Fsp3) is 0. The lowest BCUT2D eigenvalue weighted by molar-refractivity contribution is 1.67. The second-order valence-electron chi connectivity index (χ2n) is 3.67. The summed E-state index contributed by atoms with van der Waals surface area (Å²) >= 11 is 0. The minimum absolute atomic E-state index is 1.23. The first kappa shape index (κ1) is 8.28. The molecule has 0 nitrogen and oxygen atoms in total. The molecule has 0 unspecified atom stereocenters. The van der Waals surface area contributed by atoms with Gasteiger partial charge < -0.3 is 0 Å². The van der Waals surface area contributed by atoms with Crippen LogP contribution in [-0.2, 0) is 0 Å². The van der Waals surface area contributed by atoms with E-state index >= 15 is 0 Å². The summed E-state index contributed by atoms with van der Waals surface area (Å²) in [6, 6.07) is 12.9. The highest BCUT2D eigenvalue weighted by molar-refractivity contribution is 5.88. The summed E-state index contributed by atoms with van der Waals surface area (Å²) in [6.07, 6.45) is 8.11. The Morgan fingerprint density at radius 1 is 0.867 bits per heavy atom. The van der Waals surface area contributed by atoms with E-state index < -0.39 is 0 Å². The average molecular weight is 190 g/mol. The van der Waals surface area contributed by atoms with Crippen LogP contribution in [0.15, 0.2) is 54.3 Å². The molecule has 0 fully saturated rings. The highest BCUT2D eigenvalue weighted by Gasteiger charge is 2.00. The molecule has 0 amide bonds. The van der Waals surface area contributed by atoms with E-state index in [0.29, 0.717) is 0 Å². The molecule has 2 aromatic rings. The largest absolute Gasteiger partial charge is 0.120 e. The molecule has 0 radical (unpaired) electrons. The van der Waals surface area contributed by atoms with Gasteiger partial charge in [0.15, 0.2) is 0 Å². The maximum atomic E-state index is 3.13. The van der Waals surface area contributed by atoms with Crippen LogP contribution in [0, 0.1) is 0 Å². The van der Waals surface area contributed by atoms with Gasteiger partial charge in [0.05, 0.1) is 0 Å². The van der Waals surface area contributed by atoms with E-state index in [4.69, 9.17) is 0 Å². The van der Waals surface area contributed by atoms with E-state index in [2.05, 4.69) is 48.2 Å². The molecule has 0 N–H and O–H groups in total. The van der Waals surface area contributed by atoms with Gasteiger partial charge in [-0.05, 0) is 46.2 Å². The molecule has 0 spiro atoms. The number of allylic oxidation sites excluding steroid dienone is 2. The standard InChI is InChI=1S/C15H10/c1-2-6-12-10-14-8-4-5-9-15(14)11-13(12)7-3-1/h1-2,4-11H. The third-order valence-corrected chi connectivity index (χ3v) is 2.66. The Labute approximate surface area is 88.9 Å². The summed E-state index contributed by atoms with van der Waals surface area (Å²) in [7, 11) is 0. The number of hydrogen-bond donors (Lipinski definition) is 0. The fourth-order valence-electron chi connectivity index (χ4n) is 1.89. The zero-order valence-electron chi connectivity index (χ0n) is 8.27. The van der Waals surface area contributed by atoms with Gasteiger partial charge in [0.1, 0.15) is 0 Å². The van der Waals surface area contributed by atoms with E-state index in [1.165, 1.54) is 21.9 Å². The van der Waals surface area contributed by atoms with E-state index in [0.717, 1.165) is 0 Å². The van der Waals surface area contributed by atoms with Crippen LogP contribution in [0.3, 0.4) is 0 Å². The molecular formula is C15H10. The smallest absolute Gasteiger partial charge is 0.0100 e. The lowest BCUT2D eigenvalue weighted by atomic mass is 10.0. The fourth-order valence-corrected chi connectivity index (χ4v) is 1.89. The molecule has 15 heavy (non-hydrogen) atoms. The number of benzene rings is 2. The van der Waals surface area contributed by atoms with Crippen LogP contribution < -0.4 is 0 Å². The van der Waals surface area contributed by atoms with Gasteiger partial charge in [0.25, 0.3) is 0 Å². The van der Waals surface area contributed by atoms with Crippen molar-refractivity contribution >= 4 is 22.9 Å². The molecule has 0 atom stereocenters. The molecule has 0 saturated heterocycles. The highest BCUT2D eigenvalue weighted by Crippen LogP contribution is 2.23. The van der Waals surface area contributed by atoms with Crippen LogP contribution in [-0.4, -0.2) is 0 Å². The molecule has 0 heteroatoms. The van der Waals surface area contributed by atoms with Gasteiger partial charge in [0.2, 0.25) is 0 Å². The lowest BCUT2D eigenvalue weighted by Gasteiger charge is -2.03. The van der Waals surface area contributed by atoms with Crippen LogP contribution >= 0.6 is 0 Å². The first-order chi connectivity index (χ1) is 7.43. The number of rotatable bonds is 0. The molecule has 0 saturated carbocycles. The van der Waals surface area contributed by atoms with Crippen molar-refractivity contribution in [1.29, 1.82) is 0 Å². The summed E-state index contributed by atoms with van der Waals surface area (Å²) in [5, 5.41) is 2.57. The van der Waals surface area contributed by atoms with Crippen molar-refractivity contribution in [3.63, 3.8) is 0 Å². The molecule has 0 aromatic heterocycles. The second kappa shape index (κ2) is 3.27. The summed E-state index contributed by atoms with van der Waals surface area (Å²) in [5.41, 5.74) is 5.63. The molecule has 0 aliphatic heterocycles. The third kappa shape index (κ3) is 1.41. The topological polar surface area (TPSA) is 0 Å². The zero-order chi connectivity index (χ0) is 10.1. The van der Waals surface area contributed by atoms with E-state index in [-0.39, 0.29) is 0 Å². The van der Waals surface area contributed by atoms with Crippen molar-refractivity contribution in [3.05, 3.63) is 65.4 Å². The second-order valence-corrected chi connectivity index (χ2v) is 3.67. The Bertz CT molecular complexity index is 609. The Balaban J connectivity index is 2.39. The Kier molecular flexibility index (Phi) is 1.81. The quantitative estimate of drug-likeness (QED) is 0.550. The average Bonchev–Trinajstić information content (AvgIpc) is 2.50. The van der Waals surface area contributed by atoms with Crippen molar-refractivity contribution in [3.8, 4) is 0 Å². The summed E-state index contributed by atoms with van der Waals surface area (Å²) in [5.74, 6) is 0. The Morgan fingerprint density at radius 2 is 1.60 bits per heavy atom. The van der Waals surface area contributed by atoms with Gasteiger partial charge in [-0.25, -0.2) is 0 Å².